The van der Waals surface area contributed by atoms with E-state index in [2.05, 4.69) is 24.6 Å². The highest BCUT2D eigenvalue weighted by Crippen LogP contribution is 2.42. The summed E-state index contributed by atoms with van der Waals surface area (Å²) in [5.74, 6) is 1.59. The van der Waals surface area contributed by atoms with Gasteiger partial charge in [0.1, 0.15) is 0 Å². The number of hydrogen-bond donors (Lipinski definition) is 0. The van der Waals surface area contributed by atoms with Gasteiger partial charge in [0.15, 0.2) is 0 Å². The van der Waals surface area contributed by atoms with Crippen LogP contribution in [-0.4, -0.2) is 13.3 Å². The Kier molecular flexibility index (Phi) is 2.64. The number of allylic oxidation sites excluding steroid dienone is 3. The van der Waals surface area contributed by atoms with Gasteiger partial charge in [0.25, 0.3) is 0 Å². The van der Waals surface area contributed by atoms with E-state index in [-0.39, 0.29) is 0 Å². The highest BCUT2D eigenvalue weighted by Gasteiger charge is 2.34. The molecule has 0 saturated heterocycles. The predicted octanol–water partition coefficient (Wildman–Crippen LogP) is 2.46. The van der Waals surface area contributed by atoms with Crippen LogP contribution in [0.1, 0.15) is 13.3 Å². The number of hydrogen-bond acceptors (Lipinski definition) is 1. The van der Waals surface area contributed by atoms with E-state index in [1.165, 1.54) is 12.0 Å². The van der Waals surface area contributed by atoms with Gasteiger partial charge in [-0.3, -0.25) is 4.99 Å². The van der Waals surface area contributed by atoms with Crippen LogP contribution in [0, 0.1) is 11.8 Å². The minimum Gasteiger partial charge on any atom is -0.296 e. The Hall–Kier alpha value is -0.850. The summed E-state index contributed by atoms with van der Waals surface area (Å²) in [5.41, 5.74) is 1.33. The fraction of sp³-hybridized carbons (Fsp3) is 0.500. The monoisotopic (exact) mass is 149 g/mol. The molecule has 2 unspecified atom stereocenters. The first-order chi connectivity index (χ1) is 5.29. The highest BCUT2D eigenvalue weighted by atomic mass is 14.6. The van der Waals surface area contributed by atoms with Crippen molar-refractivity contribution in [2.24, 2.45) is 16.8 Å². The van der Waals surface area contributed by atoms with E-state index in [9.17, 15) is 0 Å². The maximum atomic E-state index is 4.01. The number of nitrogens with zero attached hydrogens (tertiary/aromatic N) is 1. The van der Waals surface area contributed by atoms with E-state index < -0.39 is 0 Å². The lowest BCUT2D eigenvalue weighted by Gasteiger charge is -1.95. The van der Waals surface area contributed by atoms with Crippen LogP contribution in [0.2, 0.25) is 0 Å². The van der Waals surface area contributed by atoms with Crippen molar-refractivity contribution < 1.29 is 0 Å². The molecule has 11 heavy (non-hydrogen) atoms. The molecule has 1 aliphatic rings. The molecule has 1 aliphatic carbocycles. The zero-order valence-corrected chi connectivity index (χ0v) is 7.25. The van der Waals surface area contributed by atoms with Crippen molar-refractivity contribution in [3.05, 3.63) is 24.3 Å². The summed E-state index contributed by atoms with van der Waals surface area (Å²) in [6, 6.07) is 0. The topological polar surface area (TPSA) is 12.4 Å². The van der Waals surface area contributed by atoms with Crippen molar-refractivity contribution in [2.75, 3.05) is 7.05 Å². The first kappa shape index (κ1) is 8.25. The molecule has 1 rings (SSSR count). The second-order valence-electron chi connectivity index (χ2n) is 3.11. The van der Waals surface area contributed by atoms with Gasteiger partial charge in [-0.2, -0.15) is 0 Å². The lowest BCUT2D eigenvalue weighted by Crippen LogP contribution is -1.88. The molecule has 0 heterocycles. The van der Waals surface area contributed by atoms with Gasteiger partial charge in [-0.1, -0.05) is 25.7 Å². The Balaban J connectivity index is 2.60. The van der Waals surface area contributed by atoms with Crippen molar-refractivity contribution in [1.29, 1.82) is 0 Å². The van der Waals surface area contributed by atoms with Crippen LogP contribution in [0.15, 0.2) is 29.3 Å². The summed E-state index contributed by atoms with van der Waals surface area (Å²) in [5, 5.41) is 0. The third kappa shape index (κ3) is 2.04. The zero-order chi connectivity index (χ0) is 8.27. The molecule has 1 heteroatoms. The van der Waals surface area contributed by atoms with E-state index in [4.69, 9.17) is 0 Å². The molecule has 0 radical (unpaired) electrons. The molecule has 60 valence electrons. The van der Waals surface area contributed by atoms with E-state index >= 15 is 0 Å². The summed E-state index contributed by atoms with van der Waals surface area (Å²) in [6.45, 7) is 5.95. The highest BCUT2D eigenvalue weighted by molar-refractivity contribution is 5.80. The van der Waals surface area contributed by atoms with Crippen LogP contribution >= 0.6 is 0 Å². The first-order valence-corrected chi connectivity index (χ1v) is 4.04. The standard InChI is InChI=1S/C10H15N/c1-4-5-9(7-11-3)10-6-8(10)2/h4-5,7-8,10H,1,6H2,2-3H3/b9-5+,11-7?. The number of aliphatic imine (C=N–C) groups is 1. The molecule has 2 atom stereocenters. The maximum absolute atomic E-state index is 4.01. The van der Waals surface area contributed by atoms with E-state index in [1.807, 2.05) is 19.3 Å². The van der Waals surface area contributed by atoms with E-state index in [0.717, 1.165) is 11.8 Å². The summed E-state index contributed by atoms with van der Waals surface area (Å²) < 4.78 is 0. The van der Waals surface area contributed by atoms with E-state index in [0.29, 0.717) is 0 Å². The smallest absolute Gasteiger partial charge is 0.0277 e. The Morgan fingerprint density at radius 3 is 2.64 bits per heavy atom. The average molecular weight is 149 g/mol. The molecule has 0 N–H and O–H groups in total. The van der Waals surface area contributed by atoms with Gasteiger partial charge in [0.05, 0.1) is 0 Å². The van der Waals surface area contributed by atoms with Crippen LogP contribution in [0.5, 0.6) is 0 Å². The predicted molar refractivity (Wildman–Crippen MR) is 50.0 cm³/mol. The molecule has 0 spiro atoms. The zero-order valence-electron chi connectivity index (χ0n) is 7.25. The van der Waals surface area contributed by atoms with Crippen molar-refractivity contribution in [2.45, 2.75) is 13.3 Å². The molecule has 0 amide bonds. The largest absolute Gasteiger partial charge is 0.296 e. The quantitative estimate of drug-likeness (QED) is 0.432. The Morgan fingerprint density at radius 2 is 2.27 bits per heavy atom. The van der Waals surface area contributed by atoms with Gasteiger partial charge in [-0.15, -0.1) is 0 Å². The Morgan fingerprint density at radius 1 is 1.64 bits per heavy atom. The first-order valence-electron chi connectivity index (χ1n) is 4.04. The molecule has 0 aromatic rings. The van der Waals surface area contributed by atoms with Crippen molar-refractivity contribution in [3.8, 4) is 0 Å². The van der Waals surface area contributed by atoms with Crippen molar-refractivity contribution >= 4 is 6.21 Å². The van der Waals surface area contributed by atoms with Crippen molar-refractivity contribution in [1.82, 2.24) is 0 Å². The van der Waals surface area contributed by atoms with Gasteiger partial charge in [-0.05, 0) is 23.8 Å². The lowest BCUT2D eigenvalue weighted by atomic mass is 10.1. The minimum atomic E-state index is 0.747. The molecule has 0 aromatic heterocycles. The lowest BCUT2D eigenvalue weighted by molar-refractivity contribution is 0.883. The number of rotatable bonds is 3. The third-order valence-electron chi connectivity index (χ3n) is 2.13. The Labute approximate surface area is 68.5 Å². The second kappa shape index (κ2) is 3.51. The third-order valence-corrected chi connectivity index (χ3v) is 2.13. The molecular formula is C10H15N. The molecular weight excluding hydrogens is 134 g/mol. The molecule has 0 aromatic carbocycles. The van der Waals surface area contributed by atoms with Crippen molar-refractivity contribution in [3.63, 3.8) is 0 Å². The molecule has 0 bridgehead atoms. The minimum absolute atomic E-state index is 0.747. The SMILES string of the molecule is C=C/C=C(\C=NC)C1CC1C. The van der Waals surface area contributed by atoms with Crippen LogP contribution in [0.25, 0.3) is 0 Å². The summed E-state index contributed by atoms with van der Waals surface area (Å²) in [4.78, 5) is 4.01. The van der Waals surface area contributed by atoms with Crippen LogP contribution < -0.4 is 0 Å². The average Bonchev–Trinajstić information content (AvgIpc) is 2.67. The van der Waals surface area contributed by atoms with Gasteiger partial charge in [0, 0.05) is 13.3 Å². The summed E-state index contributed by atoms with van der Waals surface area (Å²) in [6.07, 6.45) is 7.14. The molecule has 0 aliphatic heterocycles. The van der Waals surface area contributed by atoms with Crippen LogP contribution in [0.4, 0.5) is 0 Å². The van der Waals surface area contributed by atoms with Crippen LogP contribution in [0.3, 0.4) is 0 Å². The second-order valence-corrected chi connectivity index (χ2v) is 3.11. The summed E-state index contributed by atoms with van der Waals surface area (Å²) in [7, 11) is 1.81. The fourth-order valence-corrected chi connectivity index (χ4v) is 1.33. The Bertz CT molecular complexity index is 201. The molecule has 1 fully saturated rings. The molecule has 1 nitrogen and oxygen atoms in total. The fourth-order valence-electron chi connectivity index (χ4n) is 1.33. The van der Waals surface area contributed by atoms with E-state index in [1.54, 1.807) is 0 Å². The maximum Gasteiger partial charge on any atom is 0.0277 e. The van der Waals surface area contributed by atoms with Gasteiger partial charge in [0.2, 0.25) is 0 Å². The van der Waals surface area contributed by atoms with Gasteiger partial charge >= 0.3 is 0 Å². The molecule has 1 saturated carbocycles. The summed E-state index contributed by atoms with van der Waals surface area (Å²) >= 11 is 0. The normalized spacial score (nSPS) is 30.9. The van der Waals surface area contributed by atoms with Crippen LogP contribution in [-0.2, 0) is 0 Å². The van der Waals surface area contributed by atoms with Gasteiger partial charge in [-0.25, -0.2) is 0 Å². The van der Waals surface area contributed by atoms with Gasteiger partial charge < -0.3 is 0 Å².